The van der Waals surface area contributed by atoms with Crippen molar-refractivity contribution in [2.45, 2.75) is 17.5 Å². The molecule has 4 rings (SSSR count). The number of nitrogens with zero attached hydrogens (tertiary/aromatic N) is 1. The van der Waals surface area contributed by atoms with Gasteiger partial charge in [0.1, 0.15) is 11.4 Å². The molecule has 6 heteroatoms. The van der Waals surface area contributed by atoms with Crippen molar-refractivity contribution < 1.29 is 14.3 Å². The second-order valence-corrected chi connectivity index (χ2v) is 7.34. The molecule has 0 spiro atoms. The van der Waals surface area contributed by atoms with E-state index in [9.17, 15) is 9.59 Å². The van der Waals surface area contributed by atoms with Gasteiger partial charge in [0.05, 0.1) is 5.57 Å². The van der Waals surface area contributed by atoms with E-state index in [1.807, 2.05) is 60.7 Å². The molecule has 1 saturated heterocycles. The van der Waals surface area contributed by atoms with Gasteiger partial charge in [0.25, 0.3) is 0 Å². The number of rotatable bonds is 4. The summed E-state index contributed by atoms with van der Waals surface area (Å²) in [6, 6.07) is 18.8. The van der Waals surface area contributed by atoms with E-state index in [2.05, 4.69) is 0 Å². The molecule has 2 aliphatic heterocycles. The monoisotopic (exact) mass is 366 g/mol. The molecular formula is C20H18N2O3S. The zero-order chi connectivity index (χ0) is 18.1. The molecule has 0 radical (unpaired) electrons. The van der Waals surface area contributed by atoms with Crippen LogP contribution in [0.5, 0.6) is 0 Å². The van der Waals surface area contributed by atoms with E-state index < -0.39 is 18.1 Å². The Labute approximate surface area is 155 Å². The summed E-state index contributed by atoms with van der Waals surface area (Å²) in [7, 11) is 0. The van der Waals surface area contributed by atoms with Crippen molar-refractivity contribution in [3.05, 3.63) is 83.6 Å². The first-order valence-corrected chi connectivity index (χ1v) is 9.41. The van der Waals surface area contributed by atoms with Crippen molar-refractivity contribution in [3.63, 3.8) is 0 Å². The fourth-order valence-corrected chi connectivity index (χ4v) is 4.28. The Morgan fingerprint density at radius 1 is 1.08 bits per heavy atom. The van der Waals surface area contributed by atoms with Gasteiger partial charge in [0.15, 0.2) is 6.10 Å². The van der Waals surface area contributed by atoms with E-state index in [0.29, 0.717) is 11.3 Å². The van der Waals surface area contributed by atoms with Gasteiger partial charge in [0.2, 0.25) is 5.91 Å². The van der Waals surface area contributed by atoms with E-state index in [1.54, 1.807) is 6.20 Å². The lowest BCUT2D eigenvalue weighted by atomic mass is 10.0. The molecule has 132 valence electrons. The molecule has 2 aromatic carbocycles. The second kappa shape index (κ2) is 6.97. The molecule has 1 amide bonds. The number of esters is 1. The van der Waals surface area contributed by atoms with Crippen LogP contribution in [0.1, 0.15) is 17.2 Å². The van der Waals surface area contributed by atoms with Gasteiger partial charge in [0, 0.05) is 12.0 Å². The van der Waals surface area contributed by atoms with E-state index in [-0.39, 0.29) is 11.3 Å². The molecule has 0 bridgehead atoms. The Kier molecular flexibility index (Phi) is 4.53. The molecule has 0 aromatic heterocycles. The lowest BCUT2D eigenvalue weighted by Gasteiger charge is -2.45. The summed E-state index contributed by atoms with van der Waals surface area (Å²) in [5, 5.41) is -0.0712. The number of carbonyl (C=O) groups is 2. The quantitative estimate of drug-likeness (QED) is 0.665. The van der Waals surface area contributed by atoms with E-state index in [1.165, 1.54) is 16.7 Å². The van der Waals surface area contributed by atoms with Gasteiger partial charge < -0.3 is 15.4 Å². The van der Waals surface area contributed by atoms with Gasteiger partial charge >= 0.3 is 5.97 Å². The predicted octanol–water partition coefficient (Wildman–Crippen LogP) is 2.45. The number of hydrogen-bond donors (Lipinski definition) is 1. The van der Waals surface area contributed by atoms with Crippen molar-refractivity contribution in [2.24, 2.45) is 5.73 Å². The maximum atomic E-state index is 12.7. The third-order valence-corrected chi connectivity index (χ3v) is 5.86. The predicted molar refractivity (Wildman–Crippen MR) is 100.0 cm³/mol. The molecule has 26 heavy (non-hydrogen) atoms. The number of nitrogens with two attached hydrogens (primary N) is 1. The first kappa shape index (κ1) is 16.9. The van der Waals surface area contributed by atoms with Gasteiger partial charge in [-0.2, -0.15) is 0 Å². The number of thioether (sulfide) groups is 1. The van der Waals surface area contributed by atoms with E-state index in [4.69, 9.17) is 10.5 Å². The average Bonchev–Trinajstić information content (AvgIpc) is 2.72. The van der Waals surface area contributed by atoms with Crippen LogP contribution in [0.4, 0.5) is 0 Å². The Bertz CT molecular complexity index is 814. The molecule has 1 unspecified atom stereocenters. The van der Waals surface area contributed by atoms with Crippen molar-refractivity contribution in [3.8, 4) is 0 Å². The van der Waals surface area contributed by atoms with Crippen LogP contribution in [0.3, 0.4) is 0 Å². The highest BCUT2D eigenvalue weighted by Gasteiger charge is 2.47. The zero-order valence-electron chi connectivity index (χ0n) is 13.9. The van der Waals surface area contributed by atoms with Crippen LogP contribution in [-0.2, 0) is 14.3 Å². The van der Waals surface area contributed by atoms with Gasteiger partial charge in [-0.3, -0.25) is 4.79 Å². The number of amides is 1. The average molecular weight is 366 g/mol. The normalized spacial score (nSPS) is 21.7. The molecule has 2 aliphatic rings. The SMILES string of the molecule is NC1C(=O)N2C=C(C(=O)OC(c3ccccc3)c3ccccc3)CS[C@H]12. The topological polar surface area (TPSA) is 72.6 Å². The minimum absolute atomic E-state index is 0.0712. The van der Waals surface area contributed by atoms with Crippen LogP contribution in [0.25, 0.3) is 0 Å². The van der Waals surface area contributed by atoms with Crippen molar-refractivity contribution in [1.82, 2.24) is 4.90 Å². The smallest absolute Gasteiger partial charge is 0.337 e. The molecule has 2 aromatic rings. The van der Waals surface area contributed by atoms with Gasteiger partial charge in [-0.15, -0.1) is 11.8 Å². The minimum atomic E-state index is -0.497. The van der Waals surface area contributed by atoms with Crippen LogP contribution >= 0.6 is 11.8 Å². The Hall–Kier alpha value is -2.57. The first-order chi connectivity index (χ1) is 12.6. The highest BCUT2D eigenvalue weighted by Crippen LogP contribution is 2.36. The Morgan fingerprint density at radius 3 is 2.23 bits per heavy atom. The van der Waals surface area contributed by atoms with Crippen LogP contribution < -0.4 is 5.73 Å². The van der Waals surface area contributed by atoms with Crippen molar-refractivity contribution in [1.29, 1.82) is 0 Å². The van der Waals surface area contributed by atoms with Crippen LogP contribution in [-0.4, -0.2) is 33.9 Å². The lowest BCUT2D eigenvalue weighted by Crippen LogP contribution is -2.66. The number of fused-ring (bicyclic) bond motifs is 1. The van der Waals surface area contributed by atoms with E-state index >= 15 is 0 Å². The fourth-order valence-electron chi connectivity index (χ4n) is 3.09. The second-order valence-electron chi connectivity index (χ2n) is 6.23. The van der Waals surface area contributed by atoms with Crippen molar-refractivity contribution in [2.75, 3.05) is 5.75 Å². The maximum absolute atomic E-state index is 12.7. The summed E-state index contributed by atoms with van der Waals surface area (Å²) in [4.78, 5) is 26.1. The number of ether oxygens (including phenoxy) is 1. The third-order valence-electron chi connectivity index (χ3n) is 4.52. The molecule has 2 atom stereocenters. The highest BCUT2D eigenvalue weighted by molar-refractivity contribution is 8.00. The number of hydrogen-bond acceptors (Lipinski definition) is 5. The van der Waals surface area contributed by atoms with E-state index in [0.717, 1.165) is 11.1 Å². The van der Waals surface area contributed by atoms with Crippen LogP contribution in [0, 0.1) is 0 Å². The molecule has 2 heterocycles. The molecule has 0 aliphatic carbocycles. The number of carbonyl (C=O) groups excluding carboxylic acids is 2. The summed E-state index contributed by atoms with van der Waals surface area (Å²) in [5.74, 6) is -0.0887. The summed E-state index contributed by atoms with van der Waals surface area (Å²) in [6.07, 6.45) is 1.09. The van der Waals surface area contributed by atoms with Gasteiger partial charge in [-0.05, 0) is 11.1 Å². The lowest BCUT2D eigenvalue weighted by molar-refractivity contribution is -0.143. The summed E-state index contributed by atoms with van der Waals surface area (Å²) in [6.45, 7) is 0. The van der Waals surface area contributed by atoms with Crippen molar-refractivity contribution >= 4 is 23.6 Å². The third kappa shape index (κ3) is 3.02. The summed E-state index contributed by atoms with van der Waals surface area (Å²) in [5.41, 5.74) is 8.05. The molecular weight excluding hydrogens is 348 g/mol. The largest absolute Gasteiger partial charge is 0.449 e. The summed E-state index contributed by atoms with van der Waals surface area (Å²) >= 11 is 1.49. The van der Waals surface area contributed by atoms with Crippen LogP contribution in [0.15, 0.2) is 72.4 Å². The molecule has 2 N–H and O–H groups in total. The molecule has 1 fully saturated rings. The highest BCUT2D eigenvalue weighted by atomic mass is 32.2. The first-order valence-electron chi connectivity index (χ1n) is 8.36. The zero-order valence-corrected chi connectivity index (χ0v) is 14.8. The van der Waals surface area contributed by atoms with Gasteiger partial charge in [-0.1, -0.05) is 60.7 Å². The Morgan fingerprint density at radius 2 is 1.65 bits per heavy atom. The standard InChI is InChI=1S/C20H18N2O3S/c21-16-18(23)22-11-15(12-26-19(16)22)20(24)25-17(13-7-3-1-4-8-13)14-9-5-2-6-10-14/h1-11,16-17,19H,12,21H2/t16?,19-/m1/s1. The Balaban J connectivity index is 1.57. The maximum Gasteiger partial charge on any atom is 0.337 e. The fraction of sp³-hybridized carbons (Fsp3) is 0.200. The van der Waals surface area contributed by atoms with Crippen LogP contribution in [0.2, 0.25) is 0 Å². The number of benzene rings is 2. The molecule has 5 nitrogen and oxygen atoms in total. The molecule has 0 saturated carbocycles. The van der Waals surface area contributed by atoms with Gasteiger partial charge in [-0.25, -0.2) is 4.79 Å². The summed E-state index contributed by atoms with van der Waals surface area (Å²) < 4.78 is 5.84. The number of β-lactam (4-membered cyclic amide) rings is 1. The minimum Gasteiger partial charge on any atom is -0.449 e.